The second-order valence-corrected chi connectivity index (χ2v) is 6.84. The molecule has 1 aromatic rings. The average Bonchev–Trinajstić information content (AvgIpc) is 2.26. The Labute approximate surface area is 107 Å². The first-order chi connectivity index (χ1) is 8.44. The molecule has 0 N–H and O–H groups in total. The molecule has 1 saturated carbocycles. The first-order valence-corrected chi connectivity index (χ1v) is 7.32. The van der Waals surface area contributed by atoms with Gasteiger partial charge in [-0.2, -0.15) is 0 Å². The Bertz CT molecular complexity index is 553. The number of rotatable bonds is 4. The van der Waals surface area contributed by atoms with E-state index in [1.807, 2.05) is 0 Å². The van der Waals surface area contributed by atoms with Gasteiger partial charge in [0.2, 0.25) is 0 Å². The molecule has 0 radical (unpaired) electrons. The van der Waals surface area contributed by atoms with E-state index in [0.717, 1.165) is 6.42 Å². The fourth-order valence-corrected chi connectivity index (χ4v) is 4.44. The molecule has 98 valence electrons. The number of hydrogen-bond donors (Lipinski definition) is 0. The minimum Gasteiger partial charge on any atom is -0.497 e. The van der Waals surface area contributed by atoms with Crippen LogP contribution in [0.15, 0.2) is 29.2 Å². The standard InChI is InChI=1S/C13H16O4S/c1-10(14)13(8-3-9-13)18(15,16)12-6-4-11(17-2)5-7-12/h4-7H,3,8-9H2,1-2H3. The third kappa shape index (κ3) is 1.73. The predicted octanol–water partition coefficient (Wildman–Crippen LogP) is 1.98. The van der Waals surface area contributed by atoms with Crippen molar-refractivity contribution in [2.24, 2.45) is 0 Å². The molecule has 1 aromatic carbocycles. The topological polar surface area (TPSA) is 60.4 Å². The smallest absolute Gasteiger partial charge is 0.191 e. The van der Waals surface area contributed by atoms with Crippen LogP contribution in [0.1, 0.15) is 26.2 Å². The maximum absolute atomic E-state index is 12.5. The predicted molar refractivity (Wildman–Crippen MR) is 67.4 cm³/mol. The minimum atomic E-state index is -3.59. The van der Waals surface area contributed by atoms with Crippen LogP contribution in [0.2, 0.25) is 0 Å². The van der Waals surface area contributed by atoms with Crippen molar-refractivity contribution >= 4 is 15.6 Å². The van der Waals surface area contributed by atoms with E-state index in [9.17, 15) is 13.2 Å². The van der Waals surface area contributed by atoms with Crippen molar-refractivity contribution < 1.29 is 17.9 Å². The van der Waals surface area contributed by atoms with Gasteiger partial charge in [0, 0.05) is 0 Å². The lowest BCUT2D eigenvalue weighted by Crippen LogP contribution is -2.50. The number of ether oxygens (including phenoxy) is 1. The molecular formula is C13H16O4S. The molecule has 0 heterocycles. The number of carbonyl (C=O) groups excluding carboxylic acids is 1. The highest BCUT2D eigenvalue weighted by molar-refractivity contribution is 7.93. The lowest BCUT2D eigenvalue weighted by Gasteiger charge is -2.38. The summed E-state index contributed by atoms with van der Waals surface area (Å²) < 4.78 is 28.8. The van der Waals surface area contributed by atoms with Crippen molar-refractivity contribution in [3.63, 3.8) is 0 Å². The molecule has 5 heteroatoms. The molecule has 0 saturated heterocycles. The second-order valence-electron chi connectivity index (χ2n) is 4.58. The second kappa shape index (κ2) is 4.39. The molecule has 1 fully saturated rings. The molecule has 0 unspecified atom stereocenters. The summed E-state index contributed by atoms with van der Waals surface area (Å²) in [5.74, 6) is 0.337. The van der Waals surface area contributed by atoms with Crippen LogP contribution >= 0.6 is 0 Å². The van der Waals surface area contributed by atoms with Gasteiger partial charge in [0.15, 0.2) is 15.6 Å². The Hall–Kier alpha value is -1.36. The van der Waals surface area contributed by atoms with Gasteiger partial charge in [0.1, 0.15) is 10.5 Å². The Balaban J connectivity index is 2.44. The van der Waals surface area contributed by atoms with Gasteiger partial charge >= 0.3 is 0 Å². The Morgan fingerprint density at radius 1 is 1.22 bits per heavy atom. The third-order valence-corrected chi connectivity index (χ3v) is 6.30. The molecule has 0 aliphatic heterocycles. The van der Waals surface area contributed by atoms with Crippen LogP contribution in [-0.2, 0) is 14.6 Å². The normalized spacial score (nSPS) is 17.9. The zero-order valence-electron chi connectivity index (χ0n) is 10.5. The van der Waals surface area contributed by atoms with Gasteiger partial charge in [-0.1, -0.05) is 0 Å². The van der Waals surface area contributed by atoms with Crippen molar-refractivity contribution in [1.29, 1.82) is 0 Å². The van der Waals surface area contributed by atoms with E-state index in [1.54, 1.807) is 12.1 Å². The fraction of sp³-hybridized carbons (Fsp3) is 0.462. The summed E-state index contributed by atoms with van der Waals surface area (Å²) in [7, 11) is -2.07. The third-order valence-electron chi connectivity index (χ3n) is 3.69. The maximum Gasteiger partial charge on any atom is 0.191 e. The number of benzene rings is 1. The number of methoxy groups -OCH3 is 1. The molecule has 0 amide bonds. The van der Waals surface area contributed by atoms with Gasteiger partial charge in [-0.15, -0.1) is 0 Å². The molecule has 2 rings (SSSR count). The molecular weight excluding hydrogens is 252 g/mol. The van der Waals surface area contributed by atoms with Crippen molar-refractivity contribution in [2.75, 3.05) is 7.11 Å². The van der Waals surface area contributed by atoms with E-state index in [-0.39, 0.29) is 10.7 Å². The Kier molecular flexibility index (Phi) is 3.19. The zero-order valence-corrected chi connectivity index (χ0v) is 11.3. The molecule has 1 aliphatic rings. The monoisotopic (exact) mass is 268 g/mol. The minimum absolute atomic E-state index is 0.193. The van der Waals surface area contributed by atoms with E-state index in [1.165, 1.54) is 26.2 Å². The van der Waals surface area contributed by atoms with Crippen molar-refractivity contribution in [1.82, 2.24) is 0 Å². The number of hydrogen-bond acceptors (Lipinski definition) is 4. The number of carbonyl (C=O) groups is 1. The van der Waals surface area contributed by atoms with Crippen molar-refractivity contribution in [3.05, 3.63) is 24.3 Å². The van der Waals surface area contributed by atoms with Crippen LogP contribution in [0.3, 0.4) is 0 Å². The maximum atomic E-state index is 12.5. The van der Waals surface area contributed by atoms with Gasteiger partial charge in [-0.05, 0) is 50.5 Å². The summed E-state index contributed by atoms with van der Waals surface area (Å²) in [5.41, 5.74) is 0. The van der Waals surface area contributed by atoms with Gasteiger partial charge in [-0.25, -0.2) is 8.42 Å². The summed E-state index contributed by atoms with van der Waals surface area (Å²) in [6, 6.07) is 6.19. The highest BCUT2D eigenvalue weighted by Crippen LogP contribution is 2.43. The van der Waals surface area contributed by atoms with Crippen LogP contribution < -0.4 is 4.74 Å². The van der Waals surface area contributed by atoms with Crippen LogP contribution in [0, 0.1) is 0 Å². The summed E-state index contributed by atoms with van der Waals surface area (Å²) in [6.07, 6.45) is 1.64. The SMILES string of the molecule is COc1ccc(S(=O)(=O)C2(C(C)=O)CCC2)cc1. The highest BCUT2D eigenvalue weighted by Gasteiger charge is 2.53. The Morgan fingerprint density at radius 2 is 1.78 bits per heavy atom. The largest absolute Gasteiger partial charge is 0.497 e. The molecule has 0 atom stereocenters. The van der Waals surface area contributed by atoms with E-state index in [0.29, 0.717) is 18.6 Å². The first kappa shape index (κ1) is 13.1. The van der Waals surface area contributed by atoms with Crippen molar-refractivity contribution in [2.45, 2.75) is 35.8 Å². The van der Waals surface area contributed by atoms with E-state index in [4.69, 9.17) is 4.74 Å². The highest BCUT2D eigenvalue weighted by atomic mass is 32.2. The van der Waals surface area contributed by atoms with E-state index in [2.05, 4.69) is 0 Å². The molecule has 1 aliphatic carbocycles. The quantitative estimate of drug-likeness (QED) is 0.837. The summed E-state index contributed by atoms with van der Waals surface area (Å²) in [5, 5.41) is 0. The molecule has 4 nitrogen and oxygen atoms in total. The van der Waals surface area contributed by atoms with Crippen molar-refractivity contribution in [3.8, 4) is 5.75 Å². The fourth-order valence-electron chi connectivity index (χ4n) is 2.29. The Morgan fingerprint density at radius 3 is 2.11 bits per heavy atom. The lowest BCUT2D eigenvalue weighted by atomic mass is 9.81. The number of ketones is 1. The van der Waals surface area contributed by atoms with E-state index >= 15 is 0 Å². The average molecular weight is 268 g/mol. The van der Waals surface area contributed by atoms with Gasteiger partial charge < -0.3 is 4.74 Å². The van der Waals surface area contributed by atoms with Gasteiger partial charge in [0.25, 0.3) is 0 Å². The summed E-state index contributed by atoms with van der Waals surface area (Å²) in [6.45, 7) is 1.36. The van der Waals surface area contributed by atoms with Gasteiger partial charge in [0.05, 0.1) is 12.0 Å². The molecule has 18 heavy (non-hydrogen) atoms. The summed E-state index contributed by atoms with van der Waals surface area (Å²) >= 11 is 0. The molecule has 0 bridgehead atoms. The van der Waals surface area contributed by atoms with E-state index < -0.39 is 14.6 Å². The lowest BCUT2D eigenvalue weighted by molar-refractivity contribution is -0.121. The van der Waals surface area contributed by atoms with Crippen LogP contribution in [-0.4, -0.2) is 26.1 Å². The first-order valence-electron chi connectivity index (χ1n) is 5.84. The molecule has 0 aromatic heterocycles. The zero-order chi connectivity index (χ0) is 13.4. The van der Waals surface area contributed by atoms with Gasteiger partial charge in [-0.3, -0.25) is 4.79 Å². The van der Waals surface area contributed by atoms with Crippen LogP contribution in [0.5, 0.6) is 5.75 Å². The molecule has 0 spiro atoms. The van der Waals surface area contributed by atoms with Crippen LogP contribution in [0.4, 0.5) is 0 Å². The van der Waals surface area contributed by atoms with Crippen LogP contribution in [0.25, 0.3) is 0 Å². The number of Topliss-reactive ketones (excluding diaryl/α,β-unsaturated/α-hetero) is 1. The number of sulfone groups is 1. The summed E-state index contributed by atoms with van der Waals surface area (Å²) in [4.78, 5) is 11.9.